The van der Waals surface area contributed by atoms with Crippen molar-refractivity contribution in [1.29, 1.82) is 0 Å². The summed E-state index contributed by atoms with van der Waals surface area (Å²) in [5.74, 6) is 0.253. The van der Waals surface area contributed by atoms with Crippen LogP contribution in [0.1, 0.15) is 11.3 Å². The van der Waals surface area contributed by atoms with Gasteiger partial charge in [-0.1, -0.05) is 11.6 Å². The molecule has 1 N–H and O–H groups in total. The van der Waals surface area contributed by atoms with Crippen molar-refractivity contribution < 1.29 is 14.3 Å². The molecular formula is C13H11ClO3. The van der Waals surface area contributed by atoms with Crippen LogP contribution in [-0.2, 0) is 11.2 Å². The number of aliphatic carboxylic acids is 1. The molecule has 2 aromatic rings. The van der Waals surface area contributed by atoms with Crippen molar-refractivity contribution in [3.05, 3.63) is 46.7 Å². The van der Waals surface area contributed by atoms with E-state index in [4.69, 9.17) is 21.1 Å². The highest BCUT2D eigenvalue weighted by molar-refractivity contribution is 6.30. The Morgan fingerprint density at radius 2 is 2.00 bits per heavy atom. The molecule has 2 rings (SSSR count). The number of benzene rings is 1. The first kappa shape index (κ1) is 11.7. The van der Waals surface area contributed by atoms with Crippen LogP contribution in [-0.4, -0.2) is 11.1 Å². The fraction of sp³-hybridized carbons (Fsp3) is 0.154. The quantitative estimate of drug-likeness (QED) is 0.907. The molecule has 3 nitrogen and oxygen atoms in total. The van der Waals surface area contributed by atoms with E-state index in [9.17, 15) is 4.79 Å². The molecule has 1 aromatic heterocycles. The van der Waals surface area contributed by atoms with Gasteiger partial charge in [0.1, 0.15) is 17.9 Å². The highest BCUT2D eigenvalue weighted by atomic mass is 35.5. The molecular weight excluding hydrogens is 240 g/mol. The number of furan rings is 1. The van der Waals surface area contributed by atoms with Crippen LogP contribution in [0.15, 0.2) is 34.7 Å². The summed E-state index contributed by atoms with van der Waals surface area (Å²) < 4.78 is 5.53. The Hall–Kier alpha value is -1.74. The fourth-order valence-corrected chi connectivity index (χ4v) is 1.72. The number of carboxylic acids is 1. The summed E-state index contributed by atoms with van der Waals surface area (Å²) in [6.45, 7) is 1.83. The van der Waals surface area contributed by atoms with Crippen LogP contribution in [0.2, 0.25) is 5.02 Å². The first-order valence-corrected chi connectivity index (χ1v) is 5.51. The van der Waals surface area contributed by atoms with Gasteiger partial charge in [-0.2, -0.15) is 0 Å². The zero-order chi connectivity index (χ0) is 12.4. The first-order chi connectivity index (χ1) is 8.06. The molecule has 17 heavy (non-hydrogen) atoms. The Bertz CT molecular complexity index is 540. The SMILES string of the molecule is Cc1cc(-c2ccc(Cl)cc2)oc1CC(=O)O. The molecule has 4 heteroatoms. The summed E-state index contributed by atoms with van der Waals surface area (Å²) in [4.78, 5) is 10.6. The van der Waals surface area contributed by atoms with Gasteiger partial charge in [0, 0.05) is 10.6 Å². The van der Waals surface area contributed by atoms with Gasteiger partial charge in [-0.3, -0.25) is 4.79 Å². The van der Waals surface area contributed by atoms with E-state index < -0.39 is 5.97 Å². The summed E-state index contributed by atoms with van der Waals surface area (Å²) in [6.07, 6.45) is -0.0978. The van der Waals surface area contributed by atoms with E-state index in [-0.39, 0.29) is 6.42 Å². The summed E-state index contributed by atoms with van der Waals surface area (Å²) in [6, 6.07) is 9.05. The Morgan fingerprint density at radius 3 is 2.59 bits per heavy atom. The monoisotopic (exact) mass is 250 g/mol. The number of carboxylic acid groups (broad SMARTS) is 1. The van der Waals surface area contributed by atoms with Crippen LogP contribution in [0.4, 0.5) is 0 Å². The van der Waals surface area contributed by atoms with Crippen molar-refractivity contribution in [3.63, 3.8) is 0 Å². The van der Waals surface area contributed by atoms with Gasteiger partial charge in [-0.15, -0.1) is 0 Å². The second-order valence-corrected chi connectivity index (χ2v) is 4.23. The van der Waals surface area contributed by atoms with Gasteiger partial charge in [0.15, 0.2) is 0 Å². The second-order valence-electron chi connectivity index (χ2n) is 3.79. The van der Waals surface area contributed by atoms with Gasteiger partial charge >= 0.3 is 5.97 Å². The standard InChI is InChI=1S/C13H11ClO3/c1-8-6-12(17-11(8)7-13(15)16)9-2-4-10(14)5-3-9/h2-6H,7H2,1H3,(H,15,16). The maximum Gasteiger partial charge on any atom is 0.311 e. The normalized spacial score (nSPS) is 10.5. The maximum absolute atomic E-state index is 10.6. The van der Waals surface area contributed by atoms with E-state index in [2.05, 4.69) is 0 Å². The van der Waals surface area contributed by atoms with Gasteiger partial charge in [0.2, 0.25) is 0 Å². The van der Waals surface area contributed by atoms with Gasteiger partial charge < -0.3 is 9.52 Å². The minimum Gasteiger partial charge on any atom is -0.481 e. The van der Waals surface area contributed by atoms with Crippen LogP contribution in [0, 0.1) is 6.92 Å². The lowest BCUT2D eigenvalue weighted by molar-refractivity contribution is -0.136. The molecule has 88 valence electrons. The van der Waals surface area contributed by atoms with Crippen molar-refractivity contribution >= 4 is 17.6 Å². The minimum absolute atomic E-state index is 0.0978. The van der Waals surface area contributed by atoms with Crippen molar-refractivity contribution in [2.24, 2.45) is 0 Å². The highest BCUT2D eigenvalue weighted by Gasteiger charge is 2.12. The molecule has 0 fully saturated rings. The molecule has 0 bridgehead atoms. The minimum atomic E-state index is -0.898. The van der Waals surface area contributed by atoms with Gasteiger partial charge in [-0.05, 0) is 42.8 Å². The molecule has 1 aromatic carbocycles. The van der Waals surface area contributed by atoms with Crippen LogP contribution in [0.3, 0.4) is 0 Å². The van der Waals surface area contributed by atoms with E-state index >= 15 is 0 Å². The third-order valence-corrected chi connectivity index (χ3v) is 2.71. The van der Waals surface area contributed by atoms with Gasteiger partial charge in [-0.25, -0.2) is 0 Å². The Labute approximate surface area is 104 Å². The lowest BCUT2D eigenvalue weighted by Gasteiger charge is -1.96. The van der Waals surface area contributed by atoms with E-state index in [1.165, 1.54) is 0 Å². The average molecular weight is 251 g/mol. The van der Waals surface area contributed by atoms with E-state index in [1.807, 2.05) is 25.1 Å². The lowest BCUT2D eigenvalue weighted by Crippen LogP contribution is -1.99. The average Bonchev–Trinajstić information content (AvgIpc) is 2.60. The second kappa shape index (κ2) is 4.63. The van der Waals surface area contributed by atoms with Crippen LogP contribution >= 0.6 is 11.6 Å². The van der Waals surface area contributed by atoms with Crippen molar-refractivity contribution in [3.8, 4) is 11.3 Å². The molecule has 0 saturated carbocycles. The van der Waals surface area contributed by atoms with Crippen LogP contribution in [0.25, 0.3) is 11.3 Å². The van der Waals surface area contributed by atoms with Gasteiger partial charge in [0.25, 0.3) is 0 Å². The third-order valence-electron chi connectivity index (χ3n) is 2.46. The van der Waals surface area contributed by atoms with E-state index in [1.54, 1.807) is 12.1 Å². The first-order valence-electron chi connectivity index (χ1n) is 5.13. The van der Waals surface area contributed by atoms with E-state index in [0.717, 1.165) is 11.1 Å². The molecule has 0 saturated heterocycles. The summed E-state index contributed by atoms with van der Waals surface area (Å²) in [5, 5.41) is 9.39. The Morgan fingerprint density at radius 1 is 1.35 bits per heavy atom. The number of halogens is 1. The molecule has 0 atom stereocenters. The number of hydrogen-bond acceptors (Lipinski definition) is 2. The molecule has 0 spiro atoms. The highest BCUT2D eigenvalue weighted by Crippen LogP contribution is 2.26. The zero-order valence-corrected chi connectivity index (χ0v) is 9.99. The van der Waals surface area contributed by atoms with Crippen molar-refractivity contribution in [2.75, 3.05) is 0 Å². The van der Waals surface area contributed by atoms with Gasteiger partial charge in [0.05, 0.1) is 0 Å². The third kappa shape index (κ3) is 2.68. The molecule has 0 aliphatic heterocycles. The van der Waals surface area contributed by atoms with Crippen molar-refractivity contribution in [2.45, 2.75) is 13.3 Å². The summed E-state index contributed by atoms with van der Waals surface area (Å²) in [5.41, 5.74) is 1.73. The summed E-state index contributed by atoms with van der Waals surface area (Å²) >= 11 is 5.80. The van der Waals surface area contributed by atoms with Crippen LogP contribution < -0.4 is 0 Å². The molecule has 0 aliphatic rings. The molecule has 0 amide bonds. The smallest absolute Gasteiger partial charge is 0.311 e. The maximum atomic E-state index is 10.6. The van der Waals surface area contributed by atoms with Crippen molar-refractivity contribution in [1.82, 2.24) is 0 Å². The number of carbonyl (C=O) groups is 1. The molecule has 0 unspecified atom stereocenters. The zero-order valence-electron chi connectivity index (χ0n) is 9.24. The Balaban J connectivity index is 2.34. The number of rotatable bonds is 3. The predicted molar refractivity (Wildman–Crippen MR) is 65.2 cm³/mol. The Kier molecular flexibility index (Phi) is 3.20. The predicted octanol–water partition coefficient (Wildman–Crippen LogP) is 3.54. The molecule has 0 radical (unpaired) electrons. The fourth-order valence-electron chi connectivity index (χ4n) is 1.59. The largest absolute Gasteiger partial charge is 0.481 e. The number of aryl methyl sites for hydroxylation is 1. The molecule has 1 heterocycles. The molecule has 0 aliphatic carbocycles. The van der Waals surface area contributed by atoms with Crippen LogP contribution in [0.5, 0.6) is 0 Å². The summed E-state index contributed by atoms with van der Waals surface area (Å²) in [7, 11) is 0. The lowest BCUT2D eigenvalue weighted by atomic mass is 10.1. The van der Waals surface area contributed by atoms with E-state index in [0.29, 0.717) is 16.5 Å². The number of hydrogen-bond donors (Lipinski definition) is 1. The topological polar surface area (TPSA) is 50.4 Å².